The molecule has 3 amide bonds. The number of hydrogen-bond donors (Lipinski definition) is 2. The molecule has 136 valence electrons. The number of benzene rings is 1. The lowest BCUT2D eigenvalue weighted by Crippen LogP contribution is -2.46. The van der Waals surface area contributed by atoms with E-state index in [1.54, 1.807) is 24.3 Å². The van der Waals surface area contributed by atoms with Gasteiger partial charge in [-0.1, -0.05) is 19.9 Å². The first-order valence-corrected chi connectivity index (χ1v) is 8.81. The van der Waals surface area contributed by atoms with E-state index >= 15 is 0 Å². The van der Waals surface area contributed by atoms with E-state index in [-0.39, 0.29) is 23.8 Å². The minimum atomic E-state index is -0.170. The van der Waals surface area contributed by atoms with Crippen molar-refractivity contribution in [1.82, 2.24) is 10.2 Å². The van der Waals surface area contributed by atoms with Gasteiger partial charge in [0.05, 0.1) is 0 Å². The van der Waals surface area contributed by atoms with Crippen molar-refractivity contribution in [3.63, 3.8) is 0 Å². The zero-order chi connectivity index (χ0) is 18.4. The van der Waals surface area contributed by atoms with Gasteiger partial charge < -0.3 is 15.5 Å². The van der Waals surface area contributed by atoms with Crippen LogP contribution in [0.5, 0.6) is 0 Å². The fourth-order valence-electron chi connectivity index (χ4n) is 2.96. The smallest absolute Gasteiger partial charge is 0.251 e. The topological polar surface area (TPSA) is 78.5 Å². The van der Waals surface area contributed by atoms with Gasteiger partial charge in [-0.05, 0) is 37.0 Å². The van der Waals surface area contributed by atoms with E-state index < -0.39 is 0 Å². The van der Waals surface area contributed by atoms with Gasteiger partial charge in [0.25, 0.3) is 5.91 Å². The zero-order valence-corrected chi connectivity index (χ0v) is 15.2. The summed E-state index contributed by atoms with van der Waals surface area (Å²) in [6.07, 6.45) is 2.11. The molecule has 1 aromatic carbocycles. The summed E-state index contributed by atoms with van der Waals surface area (Å²) in [7, 11) is 0. The molecule has 0 bridgehead atoms. The van der Waals surface area contributed by atoms with E-state index in [4.69, 9.17) is 0 Å². The molecule has 1 aromatic rings. The second-order valence-electron chi connectivity index (χ2n) is 6.99. The number of piperidine rings is 1. The number of nitrogens with zero attached hydrogens (tertiary/aromatic N) is 1. The molecule has 2 N–H and O–H groups in total. The Hall–Kier alpha value is -2.37. The Labute approximate surface area is 149 Å². The minimum absolute atomic E-state index is 0.0695. The third kappa shape index (κ3) is 5.89. The first kappa shape index (κ1) is 19.0. The van der Waals surface area contributed by atoms with Crippen LogP contribution in [-0.2, 0) is 9.59 Å². The molecule has 0 saturated carbocycles. The summed E-state index contributed by atoms with van der Waals surface area (Å²) in [5.74, 6) is 0.235. The molecule has 1 aliphatic rings. The molecule has 1 aliphatic heterocycles. The molecule has 1 fully saturated rings. The van der Waals surface area contributed by atoms with Crippen molar-refractivity contribution in [3.8, 4) is 0 Å². The van der Waals surface area contributed by atoms with E-state index in [2.05, 4.69) is 10.6 Å². The Balaban J connectivity index is 1.86. The molecule has 25 heavy (non-hydrogen) atoms. The van der Waals surface area contributed by atoms with E-state index in [0.29, 0.717) is 36.7 Å². The number of amides is 3. The van der Waals surface area contributed by atoms with Crippen LogP contribution in [0.3, 0.4) is 0 Å². The van der Waals surface area contributed by atoms with Gasteiger partial charge in [-0.2, -0.15) is 0 Å². The van der Waals surface area contributed by atoms with E-state index in [0.717, 1.165) is 12.8 Å². The molecule has 0 aromatic heterocycles. The summed E-state index contributed by atoms with van der Waals surface area (Å²) < 4.78 is 0. The van der Waals surface area contributed by atoms with Crippen molar-refractivity contribution in [2.75, 3.05) is 18.4 Å². The number of nitrogens with one attached hydrogen (secondary N) is 2. The second kappa shape index (κ2) is 8.65. The highest BCUT2D eigenvalue weighted by Gasteiger charge is 2.24. The van der Waals surface area contributed by atoms with Crippen molar-refractivity contribution < 1.29 is 14.4 Å². The first-order chi connectivity index (χ1) is 11.8. The van der Waals surface area contributed by atoms with Crippen LogP contribution in [-0.4, -0.2) is 41.8 Å². The van der Waals surface area contributed by atoms with Crippen LogP contribution in [0.25, 0.3) is 0 Å². The predicted molar refractivity (Wildman–Crippen MR) is 97.3 cm³/mol. The highest BCUT2D eigenvalue weighted by molar-refractivity contribution is 5.97. The third-order valence-corrected chi connectivity index (χ3v) is 4.21. The molecular formula is C19H27N3O3. The average Bonchev–Trinajstić information content (AvgIpc) is 2.54. The highest BCUT2D eigenvalue weighted by atomic mass is 16.2. The average molecular weight is 345 g/mol. The van der Waals surface area contributed by atoms with Crippen LogP contribution in [0.15, 0.2) is 24.3 Å². The van der Waals surface area contributed by atoms with Crippen LogP contribution in [0.1, 0.15) is 50.4 Å². The summed E-state index contributed by atoms with van der Waals surface area (Å²) in [4.78, 5) is 37.5. The maximum Gasteiger partial charge on any atom is 0.251 e. The molecular weight excluding hydrogens is 318 g/mol. The number of anilines is 1. The molecule has 1 heterocycles. The van der Waals surface area contributed by atoms with Crippen LogP contribution in [0.2, 0.25) is 0 Å². The SMILES string of the molecule is CC(=O)Nc1cccc(C(=O)NC2CCN(C(=O)CC(C)C)CC2)c1. The maximum atomic E-state index is 12.4. The Kier molecular flexibility index (Phi) is 6.56. The Morgan fingerprint density at radius 2 is 1.88 bits per heavy atom. The van der Waals surface area contributed by atoms with Gasteiger partial charge in [0, 0.05) is 43.7 Å². The minimum Gasteiger partial charge on any atom is -0.349 e. The largest absolute Gasteiger partial charge is 0.349 e. The van der Waals surface area contributed by atoms with Gasteiger partial charge in [-0.3, -0.25) is 14.4 Å². The summed E-state index contributed by atoms with van der Waals surface area (Å²) in [6, 6.07) is 6.95. The fraction of sp³-hybridized carbons (Fsp3) is 0.526. The molecule has 2 rings (SSSR count). The van der Waals surface area contributed by atoms with E-state index in [9.17, 15) is 14.4 Å². The number of hydrogen-bond acceptors (Lipinski definition) is 3. The molecule has 6 nitrogen and oxygen atoms in total. The van der Waals surface area contributed by atoms with Crippen molar-refractivity contribution in [2.45, 2.75) is 46.1 Å². The molecule has 0 spiro atoms. The van der Waals surface area contributed by atoms with Gasteiger partial charge in [0.15, 0.2) is 0 Å². The highest BCUT2D eigenvalue weighted by Crippen LogP contribution is 2.15. The lowest BCUT2D eigenvalue weighted by molar-refractivity contribution is -0.133. The van der Waals surface area contributed by atoms with Gasteiger partial charge in [-0.15, -0.1) is 0 Å². The Morgan fingerprint density at radius 3 is 2.48 bits per heavy atom. The quantitative estimate of drug-likeness (QED) is 0.860. The molecule has 0 unspecified atom stereocenters. The molecule has 1 saturated heterocycles. The van der Waals surface area contributed by atoms with Crippen molar-refractivity contribution in [1.29, 1.82) is 0 Å². The monoisotopic (exact) mass is 345 g/mol. The van der Waals surface area contributed by atoms with Gasteiger partial charge in [0.2, 0.25) is 11.8 Å². The van der Waals surface area contributed by atoms with Crippen molar-refractivity contribution >= 4 is 23.4 Å². The molecule has 0 radical (unpaired) electrons. The number of carbonyl (C=O) groups excluding carboxylic acids is 3. The van der Waals surface area contributed by atoms with Gasteiger partial charge in [0.1, 0.15) is 0 Å². The van der Waals surface area contributed by atoms with Crippen LogP contribution >= 0.6 is 0 Å². The summed E-state index contributed by atoms with van der Waals surface area (Å²) >= 11 is 0. The van der Waals surface area contributed by atoms with Crippen molar-refractivity contribution in [2.24, 2.45) is 5.92 Å². The van der Waals surface area contributed by atoms with Crippen molar-refractivity contribution in [3.05, 3.63) is 29.8 Å². The first-order valence-electron chi connectivity index (χ1n) is 8.81. The van der Waals surface area contributed by atoms with Gasteiger partial charge >= 0.3 is 0 Å². The second-order valence-corrected chi connectivity index (χ2v) is 6.99. The molecule has 0 atom stereocenters. The lowest BCUT2D eigenvalue weighted by Gasteiger charge is -2.33. The third-order valence-electron chi connectivity index (χ3n) is 4.21. The van der Waals surface area contributed by atoms with Crippen LogP contribution < -0.4 is 10.6 Å². The predicted octanol–water partition coefficient (Wildman–Crippen LogP) is 2.41. The Morgan fingerprint density at radius 1 is 1.20 bits per heavy atom. The van der Waals surface area contributed by atoms with E-state index in [1.165, 1.54) is 6.92 Å². The zero-order valence-electron chi connectivity index (χ0n) is 15.2. The maximum absolute atomic E-state index is 12.4. The summed E-state index contributed by atoms with van der Waals surface area (Å²) in [5, 5.41) is 5.70. The standard InChI is InChI=1S/C19H27N3O3/c1-13(2)11-18(24)22-9-7-16(8-10-22)21-19(25)15-5-4-6-17(12-15)20-14(3)23/h4-6,12-13,16H,7-11H2,1-3H3,(H,20,23)(H,21,25). The molecule has 6 heteroatoms. The fourth-order valence-corrected chi connectivity index (χ4v) is 2.96. The van der Waals surface area contributed by atoms with Gasteiger partial charge in [-0.25, -0.2) is 0 Å². The summed E-state index contributed by atoms with van der Waals surface area (Å²) in [6.45, 7) is 6.88. The molecule has 0 aliphatic carbocycles. The number of carbonyl (C=O) groups is 3. The Bertz CT molecular complexity index is 635. The number of rotatable bonds is 5. The number of likely N-dealkylation sites (tertiary alicyclic amines) is 1. The lowest BCUT2D eigenvalue weighted by atomic mass is 10.0. The van der Waals surface area contributed by atoms with Crippen LogP contribution in [0, 0.1) is 5.92 Å². The summed E-state index contributed by atoms with van der Waals surface area (Å²) in [5.41, 5.74) is 1.12. The normalized spacial score (nSPS) is 15.1. The van der Waals surface area contributed by atoms with Crippen LogP contribution in [0.4, 0.5) is 5.69 Å². The van der Waals surface area contributed by atoms with E-state index in [1.807, 2.05) is 18.7 Å².